The van der Waals surface area contributed by atoms with E-state index in [1.54, 1.807) is 0 Å². The topological polar surface area (TPSA) is 26.8 Å². The smallest absolute Gasteiger partial charge is 0.249 e. The highest BCUT2D eigenvalue weighted by Gasteiger charge is 2.26. The fraction of sp³-hybridized carbons (Fsp3) is 0.348. The maximum absolute atomic E-state index is 12.9. The quantitative estimate of drug-likeness (QED) is 0.787. The third-order valence-electron chi connectivity index (χ3n) is 5.58. The fourth-order valence-electron chi connectivity index (χ4n) is 3.95. The van der Waals surface area contributed by atoms with Crippen molar-refractivity contribution in [3.8, 4) is 0 Å². The minimum Gasteiger partial charge on any atom is -0.367 e. The Balaban J connectivity index is 1.30. The van der Waals surface area contributed by atoms with Crippen LogP contribution in [0.3, 0.4) is 0 Å². The van der Waals surface area contributed by atoms with E-state index in [4.69, 9.17) is 11.6 Å². The van der Waals surface area contributed by atoms with Gasteiger partial charge in [0.2, 0.25) is 5.91 Å². The van der Waals surface area contributed by atoms with Gasteiger partial charge in [-0.1, -0.05) is 60.1 Å². The molecule has 2 aromatic rings. The summed E-state index contributed by atoms with van der Waals surface area (Å²) in [6, 6.07) is 18.4. The highest BCUT2D eigenvalue weighted by Crippen LogP contribution is 2.26. The Morgan fingerprint density at radius 2 is 1.61 bits per heavy atom. The molecule has 0 aliphatic carbocycles. The number of halogens is 1. The Hall–Kier alpha value is -2.30. The summed E-state index contributed by atoms with van der Waals surface area (Å²) in [4.78, 5) is 19.6. The molecule has 0 atom stereocenters. The number of anilines is 1. The van der Waals surface area contributed by atoms with E-state index >= 15 is 0 Å². The van der Waals surface area contributed by atoms with Crippen molar-refractivity contribution in [1.82, 2.24) is 9.80 Å². The minimum atomic E-state index is 0.207. The van der Waals surface area contributed by atoms with E-state index in [1.165, 1.54) is 5.56 Å². The lowest BCUT2D eigenvalue weighted by atomic mass is 10.1. The number of carbonyl (C=O) groups excluding carboxylic acids is 1. The molecule has 2 aliphatic heterocycles. The first-order valence-electron chi connectivity index (χ1n) is 9.95. The summed E-state index contributed by atoms with van der Waals surface area (Å²) in [5, 5.41) is 0.774. The molecule has 2 aliphatic rings. The molecule has 1 fully saturated rings. The molecule has 4 rings (SSSR count). The van der Waals surface area contributed by atoms with Gasteiger partial charge in [-0.2, -0.15) is 0 Å². The number of piperazine rings is 1. The molecular formula is C23H26ClN3O. The van der Waals surface area contributed by atoms with E-state index in [1.807, 2.05) is 35.2 Å². The van der Waals surface area contributed by atoms with Gasteiger partial charge >= 0.3 is 0 Å². The van der Waals surface area contributed by atoms with E-state index in [0.29, 0.717) is 0 Å². The Morgan fingerprint density at radius 3 is 2.29 bits per heavy atom. The number of carbonyl (C=O) groups is 1. The van der Waals surface area contributed by atoms with Crippen LogP contribution >= 0.6 is 11.6 Å². The molecule has 146 valence electrons. The van der Waals surface area contributed by atoms with Crippen molar-refractivity contribution in [2.24, 2.45) is 0 Å². The molecule has 2 heterocycles. The summed E-state index contributed by atoms with van der Waals surface area (Å²) < 4.78 is 0. The second-order valence-corrected chi connectivity index (χ2v) is 7.84. The maximum atomic E-state index is 12.9. The van der Waals surface area contributed by atoms with Crippen molar-refractivity contribution >= 4 is 23.2 Å². The van der Waals surface area contributed by atoms with Gasteiger partial charge < -0.3 is 9.80 Å². The van der Waals surface area contributed by atoms with E-state index in [0.717, 1.165) is 68.5 Å². The van der Waals surface area contributed by atoms with Gasteiger partial charge in [0.25, 0.3) is 0 Å². The second kappa shape index (κ2) is 8.80. The van der Waals surface area contributed by atoms with Crippen molar-refractivity contribution < 1.29 is 4.79 Å². The Morgan fingerprint density at radius 1 is 0.893 bits per heavy atom. The van der Waals surface area contributed by atoms with Crippen molar-refractivity contribution in [3.63, 3.8) is 0 Å². The molecule has 28 heavy (non-hydrogen) atoms. The predicted molar refractivity (Wildman–Crippen MR) is 115 cm³/mol. The lowest BCUT2D eigenvalue weighted by Gasteiger charge is -2.37. The van der Waals surface area contributed by atoms with Gasteiger partial charge in [-0.05, 0) is 24.1 Å². The number of hydrogen-bond acceptors (Lipinski definition) is 3. The maximum Gasteiger partial charge on any atom is 0.249 e. The third-order valence-corrected chi connectivity index (χ3v) is 5.90. The van der Waals surface area contributed by atoms with E-state index in [2.05, 4.69) is 40.1 Å². The van der Waals surface area contributed by atoms with Crippen LogP contribution in [0.25, 0.3) is 0 Å². The molecule has 0 saturated carbocycles. The molecule has 1 amide bonds. The Bertz CT molecular complexity index is 844. The van der Waals surface area contributed by atoms with Gasteiger partial charge in [-0.15, -0.1) is 0 Å². The Kier molecular flexibility index (Phi) is 5.98. The minimum absolute atomic E-state index is 0.207. The standard InChI is InChI=1S/C23H26ClN3O/c24-21-8-4-5-9-22(21)26-14-16-27(17-15-26)23(28)20-10-12-25(13-11-20)18-19-6-2-1-3-7-19/h1-10H,11-18H2. The van der Waals surface area contributed by atoms with Crippen LogP contribution in [-0.4, -0.2) is 55.0 Å². The SMILES string of the molecule is O=C(C1=CCN(Cc2ccccc2)CC1)N1CCN(c2ccccc2Cl)CC1. The monoisotopic (exact) mass is 395 g/mol. The lowest BCUT2D eigenvalue weighted by Crippen LogP contribution is -2.49. The van der Waals surface area contributed by atoms with Gasteiger partial charge in [0.15, 0.2) is 0 Å². The number of benzene rings is 2. The van der Waals surface area contributed by atoms with Crippen LogP contribution in [0.15, 0.2) is 66.2 Å². The number of para-hydroxylation sites is 1. The van der Waals surface area contributed by atoms with Crippen LogP contribution < -0.4 is 4.90 Å². The third kappa shape index (κ3) is 4.40. The molecule has 1 saturated heterocycles. The average Bonchev–Trinajstić information content (AvgIpc) is 2.75. The molecule has 0 bridgehead atoms. The number of amides is 1. The largest absolute Gasteiger partial charge is 0.367 e. The number of nitrogens with zero attached hydrogens (tertiary/aromatic N) is 3. The highest BCUT2D eigenvalue weighted by atomic mass is 35.5. The van der Waals surface area contributed by atoms with Crippen molar-refractivity contribution in [1.29, 1.82) is 0 Å². The highest BCUT2D eigenvalue weighted by molar-refractivity contribution is 6.33. The average molecular weight is 396 g/mol. The molecule has 0 unspecified atom stereocenters. The van der Waals surface area contributed by atoms with Gasteiger partial charge in [0.05, 0.1) is 10.7 Å². The zero-order valence-corrected chi connectivity index (χ0v) is 16.8. The van der Waals surface area contributed by atoms with Crippen molar-refractivity contribution in [3.05, 3.63) is 76.8 Å². The Labute approximate surface area is 172 Å². The number of rotatable bonds is 4. The lowest BCUT2D eigenvalue weighted by molar-refractivity contribution is -0.127. The van der Waals surface area contributed by atoms with Crippen LogP contribution in [0, 0.1) is 0 Å². The van der Waals surface area contributed by atoms with Crippen LogP contribution in [0.4, 0.5) is 5.69 Å². The normalized spacial score (nSPS) is 18.1. The molecular weight excluding hydrogens is 370 g/mol. The summed E-state index contributed by atoms with van der Waals surface area (Å²) in [7, 11) is 0. The predicted octanol–water partition coefficient (Wildman–Crippen LogP) is 3.82. The van der Waals surface area contributed by atoms with Gasteiger partial charge in [-0.3, -0.25) is 9.69 Å². The second-order valence-electron chi connectivity index (χ2n) is 7.43. The van der Waals surface area contributed by atoms with Gasteiger partial charge in [0, 0.05) is 51.4 Å². The molecule has 0 spiro atoms. The summed E-state index contributed by atoms with van der Waals surface area (Å²) in [5.74, 6) is 0.207. The van der Waals surface area contributed by atoms with Gasteiger partial charge in [-0.25, -0.2) is 0 Å². The van der Waals surface area contributed by atoms with Crippen molar-refractivity contribution in [2.45, 2.75) is 13.0 Å². The fourth-order valence-corrected chi connectivity index (χ4v) is 4.21. The van der Waals surface area contributed by atoms with E-state index in [-0.39, 0.29) is 5.91 Å². The first-order valence-corrected chi connectivity index (χ1v) is 10.3. The van der Waals surface area contributed by atoms with Crippen LogP contribution in [0.2, 0.25) is 5.02 Å². The molecule has 0 N–H and O–H groups in total. The van der Waals surface area contributed by atoms with Crippen LogP contribution in [0.5, 0.6) is 0 Å². The van der Waals surface area contributed by atoms with E-state index in [9.17, 15) is 4.79 Å². The summed E-state index contributed by atoms with van der Waals surface area (Å²) in [6.07, 6.45) is 2.95. The summed E-state index contributed by atoms with van der Waals surface area (Å²) in [5.41, 5.74) is 3.35. The molecule has 2 aromatic carbocycles. The number of hydrogen-bond donors (Lipinski definition) is 0. The summed E-state index contributed by atoms with van der Waals surface area (Å²) >= 11 is 6.31. The zero-order valence-electron chi connectivity index (χ0n) is 16.1. The molecule has 0 radical (unpaired) electrons. The molecule has 4 nitrogen and oxygen atoms in total. The zero-order chi connectivity index (χ0) is 19.3. The van der Waals surface area contributed by atoms with E-state index < -0.39 is 0 Å². The van der Waals surface area contributed by atoms with Crippen molar-refractivity contribution in [2.75, 3.05) is 44.2 Å². The van der Waals surface area contributed by atoms with Crippen LogP contribution in [0.1, 0.15) is 12.0 Å². The first-order chi connectivity index (χ1) is 13.7. The van der Waals surface area contributed by atoms with Crippen LogP contribution in [-0.2, 0) is 11.3 Å². The van der Waals surface area contributed by atoms with Gasteiger partial charge in [0.1, 0.15) is 0 Å². The summed E-state index contributed by atoms with van der Waals surface area (Å²) in [6.45, 7) is 5.85. The first kappa shape index (κ1) is 19.0. The molecule has 5 heteroatoms. The molecule has 0 aromatic heterocycles.